The van der Waals surface area contributed by atoms with Crippen LogP contribution in [0.1, 0.15) is 39.9 Å². The molecule has 3 unspecified atom stereocenters. The topological polar surface area (TPSA) is 105 Å². The van der Waals surface area contributed by atoms with Gasteiger partial charge in [0.2, 0.25) is 0 Å². The van der Waals surface area contributed by atoms with Gasteiger partial charge in [-0.05, 0) is 74.1 Å². The van der Waals surface area contributed by atoms with Crippen molar-refractivity contribution in [1.82, 2.24) is 0 Å². The van der Waals surface area contributed by atoms with Crippen molar-refractivity contribution in [2.24, 2.45) is 0 Å². The summed E-state index contributed by atoms with van der Waals surface area (Å²) in [7, 11) is 0. The molecule has 2 bridgehead atoms. The Morgan fingerprint density at radius 2 is 2.03 bits per heavy atom. The second kappa shape index (κ2) is 9.55. The van der Waals surface area contributed by atoms with E-state index >= 15 is 0 Å². The number of carboxylic acid groups (broad SMARTS) is 1. The molecule has 3 N–H and O–H groups in total. The van der Waals surface area contributed by atoms with E-state index in [4.69, 9.17) is 14.2 Å². The van der Waals surface area contributed by atoms with Crippen LogP contribution in [0.4, 0.5) is 0 Å². The number of fused-ring (bicyclic) bond motifs is 3. The number of aliphatic hydroxyl groups is 2. The first-order valence-electron chi connectivity index (χ1n) is 12.1. The van der Waals surface area contributed by atoms with Gasteiger partial charge in [0.1, 0.15) is 12.4 Å². The van der Waals surface area contributed by atoms with Crippen LogP contribution in [0.3, 0.4) is 0 Å². The van der Waals surface area contributed by atoms with E-state index in [0.29, 0.717) is 36.1 Å². The third-order valence-electron chi connectivity index (χ3n) is 7.17. The summed E-state index contributed by atoms with van der Waals surface area (Å²) in [6, 6.07) is 16.8. The summed E-state index contributed by atoms with van der Waals surface area (Å²) in [5.41, 5.74) is 2.79. The molecule has 0 saturated carbocycles. The number of aliphatic hydroxyl groups excluding tert-OH is 1. The lowest BCUT2D eigenvalue weighted by molar-refractivity contribution is -0.159. The Kier molecular flexibility index (Phi) is 6.22. The standard InChI is InChI=1S/C29H26O7S/c30-13-25-24(28(31)32)10-19-9-21(4-5-23(19)27(25)18-6-7-37-16-18)34-14-17-2-1-3-20(8-17)29(33)11-22-15-35-26(12-29)36-22/h1-10,16,22,26,30,33H,11-15H2,(H,31,32). The fraction of sp³-hybridized carbons (Fsp3) is 0.276. The number of rotatable bonds is 7. The molecule has 3 atom stereocenters. The maximum Gasteiger partial charge on any atom is 0.336 e. The number of aromatic carboxylic acids is 1. The maximum absolute atomic E-state index is 12.0. The second-order valence-electron chi connectivity index (χ2n) is 9.59. The zero-order chi connectivity index (χ0) is 25.6. The average molecular weight is 519 g/mol. The highest BCUT2D eigenvalue weighted by Gasteiger charge is 2.45. The summed E-state index contributed by atoms with van der Waals surface area (Å²) >= 11 is 1.51. The van der Waals surface area contributed by atoms with E-state index in [9.17, 15) is 20.1 Å². The second-order valence-corrected chi connectivity index (χ2v) is 10.4. The molecule has 190 valence electrons. The van der Waals surface area contributed by atoms with Crippen LogP contribution in [0.5, 0.6) is 5.75 Å². The van der Waals surface area contributed by atoms with Crippen molar-refractivity contribution in [2.75, 3.05) is 6.61 Å². The maximum atomic E-state index is 12.0. The molecule has 0 radical (unpaired) electrons. The number of carbonyl (C=O) groups is 1. The molecule has 2 aliphatic heterocycles. The summed E-state index contributed by atoms with van der Waals surface area (Å²) < 4.78 is 17.4. The summed E-state index contributed by atoms with van der Waals surface area (Å²) in [5.74, 6) is -0.492. The first kappa shape index (κ1) is 24.1. The number of benzene rings is 3. The van der Waals surface area contributed by atoms with Crippen LogP contribution in [0.2, 0.25) is 0 Å². The first-order valence-corrected chi connectivity index (χ1v) is 13.1. The first-order chi connectivity index (χ1) is 17.9. The largest absolute Gasteiger partial charge is 0.489 e. The molecule has 0 aliphatic carbocycles. The lowest BCUT2D eigenvalue weighted by atomic mass is 9.83. The predicted molar refractivity (Wildman–Crippen MR) is 139 cm³/mol. The minimum atomic E-state index is -1.09. The molecule has 0 spiro atoms. The summed E-state index contributed by atoms with van der Waals surface area (Å²) in [5, 5.41) is 36.6. The van der Waals surface area contributed by atoms with Gasteiger partial charge in [-0.3, -0.25) is 0 Å². The molecular weight excluding hydrogens is 492 g/mol. The van der Waals surface area contributed by atoms with Crippen molar-refractivity contribution >= 4 is 28.1 Å². The average Bonchev–Trinajstić information content (AvgIpc) is 3.56. The SMILES string of the molecule is O=C(O)c1cc2cc(OCc3cccc(C4(O)CC5COC(C4)O5)c3)ccc2c(-c2ccsc2)c1CO. The van der Waals surface area contributed by atoms with E-state index in [1.165, 1.54) is 11.3 Å². The molecule has 0 amide bonds. The Balaban J connectivity index is 1.29. The van der Waals surface area contributed by atoms with Crippen molar-refractivity contribution < 1.29 is 34.3 Å². The van der Waals surface area contributed by atoms with Crippen LogP contribution in [0.25, 0.3) is 21.9 Å². The molecule has 3 heterocycles. The monoisotopic (exact) mass is 518 g/mol. The molecule has 7 nitrogen and oxygen atoms in total. The third kappa shape index (κ3) is 4.52. The van der Waals surface area contributed by atoms with Crippen LogP contribution in [-0.2, 0) is 28.3 Å². The number of hydrogen-bond donors (Lipinski definition) is 3. The molecular formula is C29H26O7S. The molecule has 8 heteroatoms. The van der Waals surface area contributed by atoms with Gasteiger partial charge in [-0.1, -0.05) is 24.3 Å². The molecule has 6 rings (SSSR count). The molecule has 37 heavy (non-hydrogen) atoms. The Morgan fingerprint density at radius 3 is 2.78 bits per heavy atom. The molecule has 4 aromatic rings. The van der Waals surface area contributed by atoms with Gasteiger partial charge in [0.05, 0.1) is 30.5 Å². The highest BCUT2D eigenvalue weighted by atomic mass is 32.1. The van der Waals surface area contributed by atoms with Gasteiger partial charge in [-0.15, -0.1) is 0 Å². The number of thiophene rings is 1. The van der Waals surface area contributed by atoms with Gasteiger partial charge >= 0.3 is 5.97 Å². The number of carboxylic acids is 1. The van der Waals surface area contributed by atoms with Gasteiger partial charge in [-0.25, -0.2) is 4.79 Å². The zero-order valence-corrected chi connectivity index (χ0v) is 20.7. The quantitative estimate of drug-likeness (QED) is 0.314. The number of hydrogen-bond acceptors (Lipinski definition) is 7. The van der Waals surface area contributed by atoms with E-state index in [-0.39, 0.29) is 31.2 Å². The van der Waals surface area contributed by atoms with E-state index in [2.05, 4.69) is 0 Å². The van der Waals surface area contributed by atoms with Crippen molar-refractivity contribution in [1.29, 1.82) is 0 Å². The summed E-state index contributed by atoms with van der Waals surface area (Å²) in [4.78, 5) is 12.0. The van der Waals surface area contributed by atoms with Gasteiger partial charge in [0.15, 0.2) is 6.29 Å². The van der Waals surface area contributed by atoms with Crippen molar-refractivity contribution in [3.8, 4) is 16.9 Å². The number of ether oxygens (including phenoxy) is 3. The van der Waals surface area contributed by atoms with Crippen LogP contribution >= 0.6 is 11.3 Å². The van der Waals surface area contributed by atoms with E-state index in [1.807, 2.05) is 59.3 Å². The molecule has 3 aromatic carbocycles. The van der Waals surface area contributed by atoms with Crippen LogP contribution in [0.15, 0.2) is 65.4 Å². The molecule has 2 fully saturated rings. The minimum Gasteiger partial charge on any atom is -0.489 e. The molecule has 2 saturated heterocycles. The molecule has 2 aliphatic rings. The lowest BCUT2D eigenvalue weighted by Crippen LogP contribution is -2.39. The van der Waals surface area contributed by atoms with E-state index < -0.39 is 11.6 Å². The lowest BCUT2D eigenvalue weighted by Gasteiger charge is -2.35. The fourth-order valence-electron chi connectivity index (χ4n) is 5.42. The van der Waals surface area contributed by atoms with Crippen LogP contribution < -0.4 is 4.74 Å². The predicted octanol–water partition coefficient (Wildman–Crippen LogP) is 5.06. The Bertz CT molecular complexity index is 1450. The van der Waals surface area contributed by atoms with Crippen molar-refractivity contribution in [3.63, 3.8) is 0 Å². The van der Waals surface area contributed by atoms with Crippen LogP contribution in [-0.4, -0.2) is 40.3 Å². The van der Waals surface area contributed by atoms with Crippen molar-refractivity contribution in [3.05, 3.63) is 87.6 Å². The Morgan fingerprint density at radius 1 is 1.14 bits per heavy atom. The van der Waals surface area contributed by atoms with Gasteiger partial charge in [0.25, 0.3) is 0 Å². The smallest absolute Gasteiger partial charge is 0.336 e. The highest BCUT2D eigenvalue weighted by molar-refractivity contribution is 7.08. The van der Waals surface area contributed by atoms with Crippen molar-refractivity contribution in [2.45, 2.75) is 44.1 Å². The normalized spacial score (nSPS) is 22.9. The van der Waals surface area contributed by atoms with E-state index in [0.717, 1.165) is 27.6 Å². The fourth-order valence-corrected chi connectivity index (χ4v) is 6.07. The Hall–Kier alpha value is -3.27. The summed E-state index contributed by atoms with van der Waals surface area (Å²) in [6.45, 7) is 0.422. The van der Waals surface area contributed by atoms with E-state index in [1.54, 1.807) is 6.07 Å². The Labute approximate surface area is 217 Å². The summed E-state index contributed by atoms with van der Waals surface area (Å²) in [6.07, 6.45) is 0.420. The van der Waals surface area contributed by atoms with Crippen LogP contribution in [0, 0.1) is 0 Å². The highest BCUT2D eigenvalue weighted by Crippen LogP contribution is 2.41. The third-order valence-corrected chi connectivity index (χ3v) is 7.85. The van der Waals surface area contributed by atoms with Gasteiger partial charge in [0, 0.05) is 18.4 Å². The minimum absolute atomic E-state index is 0.0729. The zero-order valence-electron chi connectivity index (χ0n) is 19.9. The van der Waals surface area contributed by atoms with Gasteiger partial charge < -0.3 is 29.5 Å². The van der Waals surface area contributed by atoms with Gasteiger partial charge in [-0.2, -0.15) is 11.3 Å². The molecule has 1 aromatic heterocycles.